The highest BCUT2D eigenvalue weighted by molar-refractivity contribution is 7.89. The topological polar surface area (TPSA) is 73.8 Å². The molecule has 0 aromatic carbocycles. The minimum Gasteiger partial charge on any atom is -0.357 e. The average molecular weight is 276 g/mol. The summed E-state index contributed by atoms with van der Waals surface area (Å²) in [7, 11) is -3.00. The molecular formula is C11H24N4O2S. The van der Waals surface area contributed by atoms with Gasteiger partial charge in [-0.2, -0.15) is 0 Å². The molecule has 0 amide bonds. The van der Waals surface area contributed by atoms with Gasteiger partial charge in [0.2, 0.25) is 10.0 Å². The molecule has 0 unspecified atom stereocenters. The molecule has 7 heteroatoms. The van der Waals surface area contributed by atoms with Crippen molar-refractivity contribution in [2.75, 3.05) is 31.9 Å². The van der Waals surface area contributed by atoms with Gasteiger partial charge in [0.25, 0.3) is 0 Å². The van der Waals surface area contributed by atoms with Gasteiger partial charge in [-0.1, -0.05) is 0 Å². The van der Waals surface area contributed by atoms with Gasteiger partial charge in [-0.3, -0.25) is 4.99 Å². The van der Waals surface area contributed by atoms with E-state index in [1.165, 1.54) is 4.31 Å². The molecule has 0 aromatic rings. The Balaban J connectivity index is 2.45. The highest BCUT2D eigenvalue weighted by atomic mass is 32.2. The van der Waals surface area contributed by atoms with Gasteiger partial charge in [-0.15, -0.1) is 0 Å². The fourth-order valence-electron chi connectivity index (χ4n) is 1.81. The minimum absolute atomic E-state index is 0.279. The van der Waals surface area contributed by atoms with Crippen molar-refractivity contribution < 1.29 is 8.42 Å². The van der Waals surface area contributed by atoms with E-state index in [1.807, 2.05) is 20.8 Å². The van der Waals surface area contributed by atoms with Gasteiger partial charge in [0.05, 0.1) is 12.3 Å². The number of nitrogens with one attached hydrogen (secondary N) is 2. The molecule has 0 spiro atoms. The highest BCUT2D eigenvalue weighted by Gasteiger charge is 2.27. The number of rotatable bonds is 5. The van der Waals surface area contributed by atoms with Crippen LogP contribution in [0.15, 0.2) is 4.99 Å². The number of guanidine groups is 1. The summed E-state index contributed by atoms with van der Waals surface area (Å²) in [5, 5.41) is 6.33. The van der Waals surface area contributed by atoms with E-state index in [2.05, 4.69) is 15.6 Å². The second-order valence-electron chi connectivity index (χ2n) is 4.63. The van der Waals surface area contributed by atoms with Gasteiger partial charge in [0, 0.05) is 25.7 Å². The van der Waals surface area contributed by atoms with E-state index in [-0.39, 0.29) is 5.75 Å². The van der Waals surface area contributed by atoms with Gasteiger partial charge in [0.15, 0.2) is 5.96 Å². The van der Waals surface area contributed by atoms with E-state index in [1.54, 1.807) is 0 Å². The van der Waals surface area contributed by atoms with Crippen LogP contribution >= 0.6 is 0 Å². The Bertz CT molecular complexity index is 379. The van der Waals surface area contributed by atoms with Crippen LogP contribution < -0.4 is 10.6 Å². The van der Waals surface area contributed by atoms with Gasteiger partial charge < -0.3 is 10.6 Å². The molecular weight excluding hydrogens is 252 g/mol. The largest absolute Gasteiger partial charge is 0.357 e. The standard InChI is InChI=1S/C11H24N4O2S/c1-4-12-11(14-10(2)3)13-6-8-15-7-5-9-18(15,16)17/h10H,4-9H2,1-3H3,(H2,12,13,14). The summed E-state index contributed by atoms with van der Waals surface area (Å²) < 4.78 is 24.7. The van der Waals surface area contributed by atoms with Gasteiger partial charge in [-0.05, 0) is 27.2 Å². The molecule has 0 aliphatic carbocycles. The first-order valence-electron chi connectivity index (χ1n) is 6.48. The van der Waals surface area contributed by atoms with Crippen molar-refractivity contribution in [3.8, 4) is 0 Å². The number of sulfonamides is 1. The molecule has 1 saturated heterocycles. The summed E-state index contributed by atoms with van der Waals surface area (Å²) in [6.45, 7) is 8.46. The van der Waals surface area contributed by atoms with Crippen LogP contribution in [0.4, 0.5) is 0 Å². The predicted octanol–water partition coefficient (Wildman–Crippen LogP) is -0.0146. The van der Waals surface area contributed by atoms with Gasteiger partial charge in [0.1, 0.15) is 0 Å². The lowest BCUT2D eigenvalue weighted by molar-refractivity contribution is 0.452. The maximum absolute atomic E-state index is 11.6. The van der Waals surface area contributed by atoms with Crippen LogP contribution in [-0.2, 0) is 10.0 Å². The zero-order valence-corrected chi connectivity index (χ0v) is 12.3. The van der Waals surface area contributed by atoms with Crippen LogP contribution in [0.1, 0.15) is 27.2 Å². The molecule has 1 rings (SSSR count). The summed E-state index contributed by atoms with van der Waals surface area (Å²) in [5.41, 5.74) is 0. The maximum atomic E-state index is 11.6. The van der Waals surface area contributed by atoms with E-state index >= 15 is 0 Å². The first-order valence-corrected chi connectivity index (χ1v) is 8.09. The second kappa shape index (κ2) is 6.94. The van der Waals surface area contributed by atoms with Crippen molar-refractivity contribution in [2.45, 2.75) is 33.2 Å². The molecule has 106 valence electrons. The molecule has 0 saturated carbocycles. The molecule has 18 heavy (non-hydrogen) atoms. The third-order valence-electron chi connectivity index (χ3n) is 2.59. The second-order valence-corrected chi connectivity index (χ2v) is 6.72. The Morgan fingerprint density at radius 1 is 1.44 bits per heavy atom. The lowest BCUT2D eigenvalue weighted by Gasteiger charge is -2.15. The normalized spacial score (nSPS) is 20.3. The monoisotopic (exact) mass is 276 g/mol. The zero-order chi connectivity index (χ0) is 13.6. The van der Waals surface area contributed by atoms with Crippen LogP contribution in [-0.4, -0.2) is 56.7 Å². The summed E-state index contributed by atoms with van der Waals surface area (Å²) >= 11 is 0. The molecule has 1 fully saturated rings. The van der Waals surface area contributed by atoms with Crippen molar-refractivity contribution in [2.24, 2.45) is 4.99 Å². The Morgan fingerprint density at radius 2 is 2.17 bits per heavy atom. The molecule has 0 atom stereocenters. The lowest BCUT2D eigenvalue weighted by atomic mass is 10.4. The summed E-state index contributed by atoms with van der Waals surface area (Å²) in [5.74, 6) is 1.02. The molecule has 0 bridgehead atoms. The summed E-state index contributed by atoms with van der Waals surface area (Å²) in [6.07, 6.45) is 0.732. The molecule has 1 heterocycles. The summed E-state index contributed by atoms with van der Waals surface area (Å²) in [4.78, 5) is 4.37. The molecule has 1 aliphatic rings. The Kier molecular flexibility index (Phi) is 5.87. The highest BCUT2D eigenvalue weighted by Crippen LogP contribution is 2.12. The third kappa shape index (κ3) is 4.81. The fraction of sp³-hybridized carbons (Fsp3) is 0.909. The Labute approximate surface area is 110 Å². The van der Waals surface area contributed by atoms with E-state index in [9.17, 15) is 8.42 Å². The van der Waals surface area contributed by atoms with Crippen LogP contribution in [0, 0.1) is 0 Å². The Morgan fingerprint density at radius 3 is 2.67 bits per heavy atom. The first-order chi connectivity index (χ1) is 8.45. The van der Waals surface area contributed by atoms with Crippen molar-refractivity contribution in [1.82, 2.24) is 14.9 Å². The van der Waals surface area contributed by atoms with Crippen molar-refractivity contribution in [3.63, 3.8) is 0 Å². The van der Waals surface area contributed by atoms with E-state index in [4.69, 9.17) is 0 Å². The first kappa shape index (κ1) is 15.2. The fourth-order valence-corrected chi connectivity index (χ4v) is 3.33. The van der Waals surface area contributed by atoms with E-state index < -0.39 is 10.0 Å². The minimum atomic E-state index is -3.00. The van der Waals surface area contributed by atoms with Crippen molar-refractivity contribution in [1.29, 1.82) is 0 Å². The van der Waals surface area contributed by atoms with E-state index in [0.717, 1.165) is 18.9 Å². The molecule has 0 radical (unpaired) electrons. The number of hydrogen-bond donors (Lipinski definition) is 2. The van der Waals surface area contributed by atoms with Crippen LogP contribution in [0.2, 0.25) is 0 Å². The quantitative estimate of drug-likeness (QED) is 0.547. The van der Waals surface area contributed by atoms with Crippen molar-refractivity contribution in [3.05, 3.63) is 0 Å². The Hall–Kier alpha value is -0.820. The van der Waals surface area contributed by atoms with Crippen molar-refractivity contribution >= 4 is 16.0 Å². The average Bonchev–Trinajstić information content (AvgIpc) is 2.57. The lowest BCUT2D eigenvalue weighted by Crippen LogP contribution is -2.41. The van der Waals surface area contributed by atoms with Crippen LogP contribution in [0.3, 0.4) is 0 Å². The molecule has 0 aromatic heterocycles. The maximum Gasteiger partial charge on any atom is 0.214 e. The van der Waals surface area contributed by atoms with Crippen LogP contribution in [0.25, 0.3) is 0 Å². The predicted molar refractivity (Wildman–Crippen MR) is 74.2 cm³/mol. The zero-order valence-electron chi connectivity index (χ0n) is 11.4. The summed E-state index contributed by atoms with van der Waals surface area (Å²) in [6, 6.07) is 0.304. The number of aliphatic imine (C=N–C) groups is 1. The molecule has 6 nitrogen and oxygen atoms in total. The number of nitrogens with zero attached hydrogens (tertiary/aromatic N) is 2. The SMILES string of the molecule is CCNC(=NCCN1CCCS1(=O)=O)NC(C)C. The molecule has 1 aliphatic heterocycles. The third-order valence-corrected chi connectivity index (χ3v) is 4.55. The van der Waals surface area contributed by atoms with Crippen LogP contribution in [0.5, 0.6) is 0 Å². The van der Waals surface area contributed by atoms with Gasteiger partial charge in [-0.25, -0.2) is 12.7 Å². The smallest absolute Gasteiger partial charge is 0.214 e. The van der Waals surface area contributed by atoms with Gasteiger partial charge >= 0.3 is 0 Å². The number of hydrogen-bond acceptors (Lipinski definition) is 3. The molecule has 2 N–H and O–H groups in total. The van der Waals surface area contributed by atoms with E-state index in [0.29, 0.717) is 25.7 Å².